The van der Waals surface area contributed by atoms with Crippen LogP contribution in [-0.4, -0.2) is 62.7 Å². The van der Waals surface area contributed by atoms with Crippen LogP contribution >= 0.6 is 0 Å². The van der Waals surface area contributed by atoms with E-state index in [2.05, 4.69) is 15.0 Å². The second-order valence-corrected chi connectivity index (χ2v) is 7.00. The third-order valence-electron chi connectivity index (χ3n) is 5.06. The first-order valence-corrected chi connectivity index (χ1v) is 9.24. The Morgan fingerprint density at radius 1 is 1.10 bits per heavy atom. The van der Waals surface area contributed by atoms with Crippen LogP contribution in [0.2, 0.25) is 0 Å². The van der Waals surface area contributed by atoms with Crippen LogP contribution in [0.3, 0.4) is 0 Å². The molecule has 3 aromatic rings. The molecule has 1 amide bonds. The van der Waals surface area contributed by atoms with Crippen LogP contribution in [0.5, 0.6) is 0 Å². The summed E-state index contributed by atoms with van der Waals surface area (Å²) in [5.74, 6) is 0.935. The number of hydrogen-bond acceptors (Lipinski definition) is 7. The van der Waals surface area contributed by atoms with Crippen molar-refractivity contribution in [2.24, 2.45) is 0 Å². The number of rotatable bonds is 4. The van der Waals surface area contributed by atoms with Crippen molar-refractivity contribution >= 4 is 22.6 Å². The summed E-state index contributed by atoms with van der Waals surface area (Å²) in [6.07, 6.45) is 0. The van der Waals surface area contributed by atoms with E-state index >= 15 is 0 Å². The minimum absolute atomic E-state index is 0.0220. The number of aliphatic hydroxyl groups is 2. The van der Waals surface area contributed by atoms with Gasteiger partial charge in [0, 0.05) is 20.1 Å². The summed E-state index contributed by atoms with van der Waals surface area (Å²) in [5.41, 5.74) is 1.42. The van der Waals surface area contributed by atoms with Gasteiger partial charge in [-0.15, -0.1) is 0 Å². The molecule has 1 aliphatic heterocycles. The van der Waals surface area contributed by atoms with Gasteiger partial charge in [0.1, 0.15) is 11.5 Å². The van der Waals surface area contributed by atoms with E-state index in [0.717, 1.165) is 0 Å². The van der Waals surface area contributed by atoms with Gasteiger partial charge >= 0.3 is 0 Å². The number of likely N-dealkylation sites (N-methyl/N-ethyl adjacent to an activating group) is 1. The highest BCUT2D eigenvalue weighted by atomic mass is 16.3. The van der Waals surface area contributed by atoms with E-state index in [1.807, 2.05) is 11.0 Å². The number of aromatic amines is 1. The largest absolute Gasteiger partial charge is 0.392 e. The molecular weight excluding hydrogens is 374 g/mol. The number of piperazine rings is 1. The summed E-state index contributed by atoms with van der Waals surface area (Å²) in [5, 5.41) is 19.3. The van der Waals surface area contributed by atoms with Crippen molar-refractivity contribution in [1.82, 2.24) is 19.9 Å². The molecule has 1 aromatic carbocycles. The lowest BCUT2D eigenvalue weighted by Gasteiger charge is -2.32. The monoisotopic (exact) mass is 395 g/mol. The fraction of sp³-hybridized carbons (Fsp3) is 0.300. The Morgan fingerprint density at radius 3 is 2.66 bits per heavy atom. The van der Waals surface area contributed by atoms with Crippen LogP contribution in [0, 0.1) is 0 Å². The average Bonchev–Trinajstić information content (AvgIpc) is 2.74. The van der Waals surface area contributed by atoms with Crippen molar-refractivity contribution in [1.29, 1.82) is 0 Å². The maximum atomic E-state index is 12.7. The number of carbonyl (C=O) groups is 1. The van der Waals surface area contributed by atoms with Gasteiger partial charge < -0.3 is 25.0 Å². The van der Waals surface area contributed by atoms with Gasteiger partial charge in [0.05, 0.1) is 30.7 Å². The first-order valence-electron chi connectivity index (χ1n) is 9.24. The van der Waals surface area contributed by atoms with Crippen molar-refractivity contribution in [3.8, 4) is 11.5 Å². The second kappa shape index (κ2) is 7.61. The average molecular weight is 395 g/mol. The molecule has 150 valence electrons. The van der Waals surface area contributed by atoms with Crippen LogP contribution in [0.4, 0.5) is 5.82 Å². The zero-order valence-electron chi connectivity index (χ0n) is 15.9. The number of anilines is 1. The number of nitrogens with zero attached hydrogens (tertiary/aromatic N) is 4. The van der Waals surface area contributed by atoms with Gasteiger partial charge in [-0.05, 0) is 29.3 Å². The molecule has 2 aromatic heterocycles. The summed E-state index contributed by atoms with van der Waals surface area (Å²) < 4.78 is 0. The Morgan fingerprint density at radius 2 is 1.93 bits per heavy atom. The van der Waals surface area contributed by atoms with Crippen molar-refractivity contribution in [3.63, 3.8) is 0 Å². The third kappa shape index (κ3) is 3.57. The topological polar surface area (TPSA) is 123 Å². The van der Waals surface area contributed by atoms with Crippen LogP contribution in [0.25, 0.3) is 22.4 Å². The van der Waals surface area contributed by atoms with Crippen LogP contribution < -0.4 is 10.5 Å². The first-order chi connectivity index (χ1) is 14.0. The molecule has 0 unspecified atom stereocenters. The van der Waals surface area contributed by atoms with E-state index in [1.54, 1.807) is 36.2 Å². The summed E-state index contributed by atoms with van der Waals surface area (Å²) in [4.78, 5) is 40.0. The zero-order valence-corrected chi connectivity index (χ0v) is 15.9. The SMILES string of the molecule is CN1CCN(c2cccc(-c3nc4cc(CO)cc(CO)c4c(=O)[nH]3)n2)CC1=O. The lowest BCUT2D eigenvalue weighted by atomic mass is 10.1. The molecule has 1 saturated heterocycles. The molecule has 3 N–H and O–H groups in total. The minimum Gasteiger partial charge on any atom is -0.392 e. The first kappa shape index (κ1) is 19.0. The molecule has 1 aliphatic rings. The highest BCUT2D eigenvalue weighted by molar-refractivity contribution is 5.84. The van der Waals surface area contributed by atoms with Crippen molar-refractivity contribution < 1.29 is 15.0 Å². The molecule has 0 bridgehead atoms. The van der Waals surface area contributed by atoms with Crippen molar-refractivity contribution in [3.05, 3.63) is 51.8 Å². The molecule has 1 fully saturated rings. The number of carbonyl (C=O) groups excluding carboxylic acids is 1. The quantitative estimate of drug-likeness (QED) is 0.579. The number of aromatic nitrogens is 3. The van der Waals surface area contributed by atoms with Gasteiger partial charge in [0.2, 0.25) is 5.91 Å². The van der Waals surface area contributed by atoms with Gasteiger partial charge in [-0.2, -0.15) is 0 Å². The van der Waals surface area contributed by atoms with E-state index in [4.69, 9.17) is 0 Å². The fourth-order valence-corrected chi connectivity index (χ4v) is 3.44. The van der Waals surface area contributed by atoms with E-state index < -0.39 is 0 Å². The van der Waals surface area contributed by atoms with Crippen LogP contribution in [0.15, 0.2) is 35.1 Å². The lowest BCUT2D eigenvalue weighted by Crippen LogP contribution is -2.48. The Hall–Kier alpha value is -3.30. The molecule has 0 atom stereocenters. The lowest BCUT2D eigenvalue weighted by molar-refractivity contribution is -0.129. The Labute approximate surface area is 166 Å². The molecule has 0 saturated carbocycles. The number of hydrogen-bond donors (Lipinski definition) is 3. The van der Waals surface area contributed by atoms with Gasteiger partial charge in [0.15, 0.2) is 5.82 Å². The highest BCUT2D eigenvalue weighted by Crippen LogP contribution is 2.22. The van der Waals surface area contributed by atoms with E-state index in [-0.39, 0.29) is 42.4 Å². The number of amides is 1. The smallest absolute Gasteiger partial charge is 0.259 e. The summed E-state index contributed by atoms with van der Waals surface area (Å²) in [6, 6.07) is 8.55. The Bertz CT molecular complexity index is 1140. The van der Waals surface area contributed by atoms with E-state index in [0.29, 0.717) is 41.2 Å². The van der Waals surface area contributed by atoms with Crippen LogP contribution in [0.1, 0.15) is 11.1 Å². The molecule has 9 heteroatoms. The minimum atomic E-state index is -0.388. The summed E-state index contributed by atoms with van der Waals surface area (Å²) in [7, 11) is 1.77. The fourth-order valence-electron chi connectivity index (χ4n) is 3.44. The predicted octanol–water partition coefficient (Wildman–Crippen LogP) is 0.248. The summed E-state index contributed by atoms with van der Waals surface area (Å²) >= 11 is 0. The number of H-pyrrole nitrogens is 1. The Kier molecular flexibility index (Phi) is 4.99. The molecule has 9 nitrogen and oxygen atoms in total. The number of aliphatic hydroxyl groups excluding tert-OH is 2. The standard InChI is InChI=1S/C20H21N5O4/c1-24-5-6-25(9-17(24)28)16-4-2-3-14(21-16)19-22-15-8-12(10-26)7-13(11-27)18(15)20(29)23-19/h2-4,7-8,26-27H,5-6,9-11H2,1H3,(H,22,23,29). The van der Waals surface area contributed by atoms with E-state index in [9.17, 15) is 19.8 Å². The maximum absolute atomic E-state index is 12.7. The molecule has 0 aliphatic carbocycles. The van der Waals surface area contributed by atoms with Gasteiger partial charge in [0.25, 0.3) is 5.56 Å². The molecule has 0 spiro atoms. The van der Waals surface area contributed by atoms with Crippen molar-refractivity contribution in [2.45, 2.75) is 13.2 Å². The number of nitrogens with one attached hydrogen (secondary N) is 1. The molecular formula is C20H21N5O4. The maximum Gasteiger partial charge on any atom is 0.259 e. The summed E-state index contributed by atoms with van der Waals surface area (Å²) in [6.45, 7) is 0.968. The van der Waals surface area contributed by atoms with Gasteiger partial charge in [-0.3, -0.25) is 9.59 Å². The van der Waals surface area contributed by atoms with Crippen molar-refractivity contribution in [2.75, 3.05) is 31.6 Å². The number of benzene rings is 1. The number of fused-ring (bicyclic) bond motifs is 1. The molecule has 29 heavy (non-hydrogen) atoms. The molecule has 3 heterocycles. The Balaban J connectivity index is 1.77. The van der Waals surface area contributed by atoms with Gasteiger partial charge in [-0.1, -0.05) is 12.1 Å². The van der Waals surface area contributed by atoms with Crippen LogP contribution in [-0.2, 0) is 18.0 Å². The third-order valence-corrected chi connectivity index (χ3v) is 5.06. The molecule has 4 rings (SSSR count). The van der Waals surface area contributed by atoms with E-state index in [1.165, 1.54) is 0 Å². The predicted molar refractivity (Wildman–Crippen MR) is 107 cm³/mol. The second-order valence-electron chi connectivity index (χ2n) is 7.00. The normalized spacial score (nSPS) is 14.7. The molecule has 0 radical (unpaired) electrons. The van der Waals surface area contributed by atoms with Gasteiger partial charge in [-0.25, -0.2) is 9.97 Å². The number of pyridine rings is 1. The highest BCUT2D eigenvalue weighted by Gasteiger charge is 2.22. The zero-order chi connectivity index (χ0) is 20.5.